The van der Waals surface area contributed by atoms with Gasteiger partial charge in [-0.1, -0.05) is 13.8 Å². The van der Waals surface area contributed by atoms with E-state index < -0.39 is 0 Å². The maximum absolute atomic E-state index is 3.34. The normalized spacial score (nSPS) is 9.60. The van der Waals surface area contributed by atoms with Crippen LogP contribution in [-0.4, -0.2) is 8.14 Å². The molecule has 0 nitrogen and oxygen atoms in total. The van der Waals surface area contributed by atoms with Crippen molar-refractivity contribution in [3.8, 4) is 0 Å². The molecule has 0 saturated carbocycles. The van der Waals surface area contributed by atoms with Gasteiger partial charge in [0.2, 0.25) is 0 Å². The second-order valence-electron chi connectivity index (χ2n) is 1.26. The van der Waals surface area contributed by atoms with Crippen LogP contribution >= 0.6 is 15.3 Å². The molecule has 0 N–H and O–H groups in total. The van der Waals surface area contributed by atoms with Crippen molar-refractivity contribution in [2.45, 2.75) is 19.4 Å². The SMILES string of the molecule is CC(C)[Si]Br. The molecule has 0 saturated heterocycles. The van der Waals surface area contributed by atoms with Gasteiger partial charge in [-0.25, -0.2) is 0 Å². The molecule has 0 spiro atoms. The van der Waals surface area contributed by atoms with E-state index in [1.54, 1.807) is 0 Å². The van der Waals surface area contributed by atoms with E-state index in [0.29, 0.717) is 0 Å². The molecule has 0 aliphatic heterocycles. The Morgan fingerprint density at radius 2 is 1.80 bits per heavy atom. The predicted octanol–water partition coefficient (Wildman–Crippen LogP) is 1.83. The summed E-state index contributed by atoms with van der Waals surface area (Å²) < 4.78 is 0. The third kappa shape index (κ3) is 4.70. The van der Waals surface area contributed by atoms with Crippen molar-refractivity contribution in [1.29, 1.82) is 0 Å². The second kappa shape index (κ2) is 2.91. The van der Waals surface area contributed by atoms with Crippen LogP contribution in [0.5, 0.6) is 0 Å². The van der Waals surface area contributed by atoms with Crippen molar-refractivity contribution in [3.63, 3.8) is 0 Å². The molecule has 0 rings (SSSR count). The summed E-state index contributed by atoms with van der Waals surface area (Å²) in [7, 11) is 0.927. The zero-order valence-corrected chi connectivity index (χ0v) is 6.04. The van der Waals surface area contributed by atoms with E-state index >= 15 is 0 Å². The Morgan fingerprint density at radius 1 is 1.60 bits per heavy atom. The largest absolute Gasteiger partial charge is 0.140 e. The standard InChI is InChI=1S/C3H7BrSi/c1-3(2)5-4/h3H,1-2H3. The maximum Gasteiger partial charge on any atom is 0.140 e. The summed E-state index contributed by atoms with van der Waals surface area (Å²) in [6, 6.07) is 0. The minimum Gasteiger partial charge on any atom is -0.131 e. The molecule has 0 atom stereocenters. The van der Waals surface area contributed by atoms with E-state index in [0.717, 1.165) is 13.7 Å². The average molecular weight is 151 g/mol. The van der Waals surface area contributed by atoms with Gasteiger partial charge in [-0.15, -0.1) is 15.3 Å². The number of hydrogen-bond donors (Lipinski definition) is 0. The van der Waals surface area contributed by atoms with Gasteiger partial charge in [0.05, 0.1) is 0 Å². The van der Waals surface area contributed by atoms with E-state index in [9.17, 15) is 0 Å². The van der Waals surface area contributed by atoms with Gasteiger partial charge in [-0.05, 0) is 5.54 Å². The van der Waals surface area contributed by atoms with Gasteiger partial charge in [0.25, 0.3) is 0 Å². The molecule has 0 amide bonds. The van der Waals surface area contributed by atoms with Crippen LogP contribution in [0.1, 0.15) is 13.8 Å². The highest BCUT2D eigenvalue weighted by molar-refractivity contribution is 9.23. The zero-order valence-electron chi connectivity index (χ0n) is 3.46. The summed E-state index contributed by atoms with van der Waals surface area (Å²) in [5.41, 5.74) is 0.829. The summed E-state index contributed by atoms with van der Waals surface area (Å²) in [6.45, 7) is 4.38. The maximum atomic E-state index is 3.34. The molecule has 0 aliphatic rings. The molecule has 2 heteroatoms. The molecular weight excluding hydrogens is 144 g/mol. The highest BCUT2D eigenvalue weighted by atomic mass is 79.9. The van der Waals surface area contributed by atoms with E-state index in [1.165, 1.54) is 0 Å². The van der Waals surface area contributed by atoms with Gasteiger partial charge < -0.3 is 0 Å². The van der Waals surface area contributed by atoms with Crippen LogP contribution in [0.2, 0.25) is 5.54 Å². The first-order chi connectivity index (χ1) is 2.27. The van der Waals surface area contributed by atoms with E-state index in [2.05, 4.69) is 29.1 Å². The highest BCUT2D eigenvalue weighted by Crippen LogP contribution is 1.98. The topological polar surface area (TPSA) is 0 Å². The molecule has 0 heterocycles. The van der Waals surface area contributed by atoms with Crippen molar-refractivity contribution in [2.75, 3.05) is 0 Å². The quantitative estimate of drug-likeness (QED) is 0.396. The fraction of sp³-hybridized carbons (Fsp3) is 1.00. The van der Waals surface area contributed by atoms with Gasteiger partial charge in [0.15, 0.2) is 0 Å². The van der Waals surface area contributed by atoms with Crippen LogP contribution in [0, 0.1) is 0 Å². The third-order valence-corrected chi connectivity index (χ3v) is 3.40. The second-order valence-corrected chi connectivity index (χ2v) is 4.01. The monoisotopic (exact) mass is 150 g/mol. The van der Waals surface area contributed by atoms with Crippen molar-refractivity contribution in [1.82, 2.24) is 0 Å². The Hall–Kier alpha value is 0.697. The molecule has 0 aromatic carbocycles. The summed E-state index contributed by atoms with van der Waals surface area (Å²) in [5, 5.41) is 0. The van der Waals surface area contributed by atoms with Crippen molar-refractivity contribution in [3.05, 3.63) is 0 Å². The molecule has 5 heavy (non-hydrogen) atoms. The zero-order chi connectivity index (χ0) is 4.28. The summed E-state index contributed by atoms with van der Waals surface area (Å²) in [5.74, 6) is 0. The molecule has 0 aromatic rings. The average Bonchev–Trinajstić information content (AvgIpc) is 1.38. The van der Waals surface area contributed by atoms with Crippen molar-refractivity contribution in [2.24, 2.45) is 0 Å². The summed E-state index contributed by atoms with van der Waals surface area (Å²) in [6.07, 6.45) is 0. The molecule has 0 unspecified atom stereocenters. The summed E-state index contributed by atoms with van der Waals surface area (Å²) >= 11 is 3.34. The van der Waals surface area contributed by atoms with Crippen molar-refractivity contribution >= 4 is 23.4 Å². The lowest BCUT2D eigenvalue weighted by Gasteiger charge is -1.86. The predicted molar refractivity (Wildman–Crippen MR) is 29.8 cm³/mol. The summed E-state index contributed by atoms with van der Waals surface area (Å²) in [4.78, 5) is 0. The molecular formula is C3H7BrSi. The lowest BCUT2D eigenvalue weighted by atomic mass is 10.6. The van der Waals surface area contributed by atoms with E-state index in [4.69, 9.17) is 0 Å². The van der Waals surface area contributed by atoms with Crippen LogP contribution in [0.3, 0.4) is 0 Å². The Balaban J connectivity index is 2.54. The van der Waals surface area contributed by atoms with Crippen LogP contribution in [0.4, 0.5) is 0 Å². The fourth-order valence-electron chi connectivity index (χ4n) is 0. The van der Waals surface area contributed by atoms with Gasteiger partial charge in [0, 0.05) is 0 Å². The molecule has 0 aliphatic carbocycles. The highest BCUT2D eigenvalue weighted by Gasteiger charge is 1.84. The Morgan fingerprint density at radius 3 is 1.80 bits per heavy atom. The van der Waals surface area contributed by atoms with Crippen LogP contribution < -0.4 is 0 Å². The number of halogens is 1. The van der Waals surface area contributed by atoms with Crippen LogP contribution in [-0.2, 0) is 0 Å². The lowest BCUT2D eigenvalue weighted by molar-refractivity contribution is 1.07. The number of rotatable bonds is 1. The molecule has 0 fully saturated rings. The van der Waals surface area contributed by atoms with Gasteiger partial charge in [-0.2, -0.15) is 0 Å². The molecule has 2 radical (unpaired) electrons. The van der Waals surface area contributed by atoms with Gasteiger partial charge in [0.1, 0.15) is 8.14 Å². The van der Waals surface area contributed by atoms with Crippen LogP contribution in [0.15, 0.2) is 0 Å². The first kappa shape index (κ1) is 5.70. The van der Waals surface area contributed by atoms with E-state index in [1.807, 2.05) is 0 Å². The van der Waals surface area contributed by atoms with Gasteiger partial charge in [-0.3, -0.25) is 0 Å². The minimum absolute atomic E-state index is 0.829. The Labute approximate surface area is 43.4 Å². The molecule has 0 bridgehead atoms. The van der Waals surface area contributed by atoms with Gasteiger partial charge >= 0.3 is 0 Å². The Kier molecular flexibility index (Phi) is 3.32. The Bertz CT molecular complexity index is 20.9. The van der Waals surface area contributed by atoms with Crippen molar-refractivity contribution < 1.29 is 0 Å². The first-order valence-electron chi connectivity index (χ1n) is 1.63. The fourth-order valence-corrected chi connectivity index (χ4v) is 0. The lowest BCUT2D eigenvalue weighted by Crippen LogP contribution is -1.79. The minimum atomic E-state index is 0.829. The van der Waals surface area contributed by atoms with E-state index in [-0.39, 0.29) is 0 Å². The molecule has 0 aromatic heterocycles. The smallest absolute Gasteiger partial charge is 0.131 e. The first-order valence-corrected chi connectivity index (χ1v) is 4.97. The van der Waals surface area contributed by atoms with Crippen LogP contribution in [0.25, 0.3) is 0 Å². The molecule has 30 valence electrons. The third-order valence-electron chi connectivity index (χ3n) is 0.218. The number of hydrogen-bond acceptors (Lipinski definition) is 0.